The third-order valence-electron chi connectivity index (χ3n) is 3.56. The number of rotatable bonds is 7. The summed E-state index contributed by atoms with van der Waals surface area (Å²) in [5.41, 5.74) is 1.33. The van der Waals surface area contributed by atoms with E-state index in [1.807, 2.05) is 6.92 Å². The minimum absolute atomic E-state index is 0.0571. The number of halogens is 1. The number of unbranched alkanes of at least 4 members (excludes halogenated alkanes) is 1. The number of amides is 1. The first kappa shape index (κ1) is 16.0. The number of aromatic amines is 1. The molecule has 1 unspecified atom stereocenters. The predicted molar refractivity (Wildman–Crippen MR) is 81.1 cm³/mol. The number of benzene rings is 1. The Kier molecular flexibility index (Phi) is 5.14. The van der Waals surface area contributed by atoms with Gasteiger partial charge in [0, 0.05) is 17.1 Å². The molecule has 1 aromatic carbocycles. The van der Waals surface area contributed by atoms with E-state index in [9.17, 15) is 14.0 Å². The second-order valence-electron chi connectivity index (χ2n) is 5.28. The molecule has 0 bridgehead atoms. The van der Waals surface area contributed by atoms with Gasteiger partial charge in [-0.1, -0.05) is 19.8 Å². The molecule has 0 fully saturated rings. The highest BCUT2D eigenvalue weighted by molar-refractivity contribution is 5.90. The normalized spacial score (nSPS) is 12.3. The Morgan fingerprint density at radius 3 is 2.86 bits per heavy atom. The number of carbonyl (C=O) groups is 2. The average molecular weight is 306 g/mol. The molecule has 2 rings (SSSR count). The topological polar surface area (TPSA) is 82.2 Å². The van der Waals surface area contributed by atoms with Gasteiger partial charge >= 0.3 is 5.97 Å². The zero-order valence-electron chi connectivity index (χ0n) is 12.4. The molecule has 118 valence electrons. The molecule has 0 spiro atoms. The molecule has 0 saturated carbocycles. The number of nitrogens with one attached hydrogen (secondary N) is 2. The lowest BCUT2D eigenvalue weighted by atomic mass is 10.1. The molecule has 0 aliphatic carbocycles. The lowest BCUT2D eigenvalue weighted by Gasteiger charge is -2.13. The monoisotopic (exact) mass is 306 g/mol. The van der Waals surface area contributed by atoms with Gasteiger partial charge in [0.15, 0.2) is 0 Å². The number of aromatic nitrogens is 1. The van der Waals surface area contributed by atoms with Gasteiger partial charge in [-0.3, -0.25) is 4.79 Å². The standard InChI is InChI=1S/C16H19FN2O3/c1-2-3-4-13(16(21)22)19-15(20)7-10-9-18-14-8-11(17)5-6-12(10)14/h5-6,8-9,13,18H,2-4,7H2,1H3,(H,19,20)(H,21,22). The quantitative estimate of drug-likeness (QED) is 0.735. The predicted octanol–water partition coefficient (Wildman–Crippen LogP) is 2.61. The molecule has 5 nitrogen and oxygen atoms in total. The summed E-state index contributed by atoms with van der Waals surface area (Å²) >= 11 is 0. The first-order valence-electron chi connectivity index (χ1n) is 7.29. The summed E-state index contributed by atoms with van der Waals surface area (Å²) < 4.78 is 13.1. The average Bonchev–Trinajstić information content (AvgIpc) is 2.85. The maximum absolute atomic E-state index is 13.1. The number of H-pyrrole nitrogens is 1. The van der Waals surface area contributed by atoms with E-state index in [1.54, 1.807) is 12.3 Å². The Morgan fingerprint density at radius 1 is 1.41 bits per heavy atom. The number of hydrogen-bond acceptors (Lipinski definition) is 2. The number of carboxylic acid groups (broad SMARTS) is 1. The lowest BCUT2D eigenvalue weighted by molar-refractivity contribution is -0.141. The summed E-state index contributed by atoms with van der Waals surface area (Å²) in [4.78, 5) is 26.1. The number of carboxylic acids is 1. The van der Waals surface area contributed by atoms with Crippen molar-refractivity contribution < 1.29 is 19.1 Å². The van der Waals surface area contributed by atoms with Gasteiger partial charge in [0.1, 0.15) is 11.9 Å². The van der Waals surface area contributed by atoms with Gasteiger partial charge in [0.2, 0.25) is 5.91 Å². The van der Waals surface area contributed by atoms with Crippen LogP contribution in [0.1, 0.15) is 31.7 Å². The van der Waals surface area contributed by atoms with E-state index in [4.69, 9.17) is 5.11 Å². The van der Waals surface area contributed by atoms with E-state index in [0.29, 0.717) is 17.5 Å². The van der Waals surface area contributed by atoms with Gasteiger partial charge in [-0.05, 0) is 30.2 Å². The van der Waals surface area contributed by atoms with Crippen molar-refractivity contribution in [3.63, 3.8) is 0 Å². The van der Waals surface area contributed by atoms with E-state index in [-0.39, 0.29) is 18.1 Å². The van der Waals surface area contributed by atoms with Crippen LogP contribution in [-0.4, -0.2) is 28.0 Å². The van der Waals surface area contributed by atoms with Crippen molar-refractivity contribution in [2.75, 3.05) is 0 Å². The highest BCUT2D eigenvalue weighted by Crippen LogP contribution is 2.19. The van der Waals surface area contributed by atoms with E-state index in [1.165, 1.54) is 12.1 Å². The van der Waals surface area contributed by atoms with Gasteiger partial charge in [-0.15, -0.1) is 0 Å². The molecule has 22 heavy (non-hydrogen) atoms. The Balaban J connectivity index is 2.05. The summed E-state index contributed by atoms with van der Waals surface area (Å²) in [6, 6.07) is 3.43. The molecule has 2 aromatic rings. The summed E-state index contributed by atoms with van der Waals surface area (Å²) in [7, 11) is 0. The number of hydrogen-bond donors (Lipinski definition) is 3. The molecule has 1 atom stereocenters. The van der Waals surface area contributed by atoms with Crippen LogP contribution >= 0.6 is 0 Å². The molecular weight excluding hydrogens is 287 g/mol. The van der Waals surface area contributed by atoms with E-state index >= 15 is 0 Å². The van der Waals surface area contributed by atoms with Crippen LogP contribution in [0.25, 0.3) is 10.9 Å². The van der Waals surface area contributed by atoms with Crippen LogP contribution in [0.3, 0.4) is 0 Å². The number of fused-ring (bicyclic) bond motifs is 1. The van der Waals surface area contributed by atoms with Gasteiger partial charge in [0.05, 0.1) is 6.42 Å². The third kappa shape index (κ3) is 3.84. The lowest BCUT2D eigenvalue weighted by Crippen LogP contribution is -2.41. The fraction of sp³-hybridized carbons (Fsp3) is 0.375. The second-order valence-corrected chi connectivity index (χ2v) is 5.28. The van der Waals surface area contributed by atoms with Gasteiger partial charge in [-0.25, -0.2) is 9.18 Å². The Labute approximate surface area is 127 Å². The molecule has 0 aliphatic heterocycles. The van der Waals surface area contributed by atoms with E-state index < -0.39 is 12.0 Å². The van der Waals surface area contributed by atoms with Crippen molar-refractivity contribution >= 4 is 22.8 Å². The molecule has 1 amide bonds. The Bertz CT molecular complexity index is 681. The van der Waals surface area contributed by atoms with Gasteiger partial charge < -0.3 is 15.4 Å². The first-order chi connectivity index (χ1) is 10.5. The van der Waals surface area contributed by atoms with Crippen LogP contribution in [0.15, 0.2) is 24.4 Å². The fourth-order valence-electron chi connectivity index (χ4n) is 2.39. The van der Waals surface area contributed by atoms with Crippen LogP contribution in [0, 0.1) is 5.82 Å². The highest BCUT2D eigenvalue weighted by Gasteiger charge is 2.19. The number of carbonyl (C=O) groups excluding carboxylic acids is 1. The molecule has 0 radical (unpaired) electrons. The summed E-state index contributed by atoms with van der Waals surface area (Å²) in [6.45, 7) is 1.96. The molecule has 6 heteroatoms. The maximum Gasteiger partial charge on any atom is 0.326 e. The van der Waals surface area contributed by atoms with Crippen LogP contribution in [0.5, 0.6) is 0 Å². The van der Waals surface area contributed by atoms with Crippen LogP contribution in [0.2, 0.25) is 0 Å². The first-order valence-corrected chi connectivity index (χ1v) is 7.29. The molecular formula is C16H19FN2O3. The molecule has 0 aliphatic rings. The zero-order valence-corrected chi connectivity index (χ0v) is 12.4. The fourth-order valence-corrected chi connectivity index (χ4v) is 2.39. The van der Waals surface area contributed by atoms with Crippen molar-refractivity contribution in [1.29, 1.82) is 0 Å². The number of aliphatic carboxylic acids is 1. The zero-order chi connectivity index (χ0) is 16.1. The largest absolute Gasteiger partial charge is 0.480 e. The maximum atomic E-state index is 13.1. The Hall–Kier alpha value is -2.37. The van der Waals surface area contributed by atoms with Crippen LogP contribution in [0.4, 0.5) is 4.39 Å². The van der Waals surface area contributed by atoms with Gasteiger partial charge in [-0.2, -0.15) is 0 Å². The summed E-state index contributed by atoms with van der Waals surface area (Å²) in [5, 5.41) is 12.4. The minimum atomic E-state index is -1.03. The van der Waals surface area contributed by atoms with Crippen molar-refractivity contribution in [3.05, 3.63) is 35.8 Å². The highest BCUT2D eigenvalue weighted by atomic mass is 19.1. The minimum Gasteiger partial charge on any atom is -0.480 e. The second kappa shape index (κ2) is 7.06. The van der Waals surface area contributed by atoms with Gasteiger partial charge in [0.25, 0.3) is 0 Å². The Morgan fingerprint density at radius 2 is 2.18 bits per heavy atom. The SMILES string of the molecule is CCCCC(NC(=O)Cc1c[nH]c2cc(F)ccc12)C(=O)O. The molecule has 1 heterocycles. The van der Waals surface area contributed by atoms with Crippen molar-refractivity contribution in [1.82, 2.24) is 10.3 Å². The van der Waals surface area contributed by atoms with Crippen molar-refractivity contribution in [2.45, 2.75) is 38.6 Å². The van der Waals surface area contributed by atoms with Crippen LogP contribution in [-0.2, 0) is 16.0 Å². The van der Waals surface area contributed by atoms with Crippen LogP contribution < -0.4 is 5.32 Å². The van der Waals surface area contributed by atoms with E-state index in [2.05, 4.69) is 10.3 Å². The smallest absolute Gasteiger partial charge is 0.326 e. The molecule has 1 aromatic heterocycles. The van der Waals surface area contributed by atoms with Crippen molar-refractivity contribution in [2.24, 2.45) is 0 Å². The van der Waals surface area contributed by atoms with E-state index in [0.717, 1.165) is 18.2 Å². The summed E-state index contributed by atoms with van der Waals surface area (Å²) in [6.07, 6.45) is 3.72. The van der Waals surface area contributed by atoms with Crippen molar-refractivity contribution in [3.8, 4) is 0 Å². The molecule has 0 saturated heterocycles. The summed E-state index contributed by atoms with van der Waals surface area (Å²) in [5.74, 6) is -1.73. The molecule has 3 N–H and O–H groups in total. The third-order valence-corrected chi connectivity index (χ3v) is 3.56.